The molecule has 8 nitrogen and oxygen atoms in total. The molecule has 0 aliphatic carbocycles. The summed E-state index contributed by atoms with van der Waals surface area (Å²) in [5, 5.41) is 11.4. The molecule has 1 aromatic carbocycles. The number of rotatable bonds is 5. The Balaban J connectivity index is 0.00000261. The van der Waals surface area contributed by atoms with Crippen LogP contribution in [0.4, 0.5) is 5.69 Å². The summed E-state index contributed by atoms with van der Waals surface area (Å²) < 4.78 is 7.39. The fourth-order valence-corrected chi connectivity index (χ4v) is 3.07. The van der Waals surface area contributed by atoms with Gasteiger partial charge in [-0.3, -0.25) is 0 Å². The summed E-state index contributed by atoms with van der Waals surface area (Å²) in [6.07, 6.45) is 1.70. The normalized spacial score (nSPS) is 14.7. The summed E-state index contributed by atoms with van der Waals surface area (Å²) in [6.45, 7) is 7.10. The second kappa shape index (κ2) is 10.3. The van der Waals surface area contributed by atoms with Crippen molar-refractivity contribution >= 4 is 35.6 Å². The minimum absolute atomic E-state index is 0. The van der Waals surface area contributed by atoms with Crippen molar-refractivity contribution in [3.8, 4) is 5.75 Å². The van der Waals surface area contributed by atoms with Crippen LogP contribution in [0.3, 0.4) is 0 Å². The molecule has 27 heavy (non-hydrogen) atoms. The number of benzene rings is 1. The number of methoxy groups -OCH3 is 1. The molecular formula is C18H28IN7O. The lowest BCUT2D eigenvalue weighted by molar-refractivity contribution is 0.367. The van der Waals surface area contributed by atoms with Gasteiger partial charge in [0.25, 0.3) is 0 Å². The lowest BCUT2D eigenvalue weighted by atomic mass is 10.2. The maximum Gasteiger partial charge on any atom is 0.194 e. The van der Waals surface area contributed by atoms with E-state index in [1.165, 1.54) is 0 Å². The molecule has 9 heteroatoms. The van der Waals surface area contributed by atoms with E-state index < -0.39 is 0 Å². The molecule has 1 saturated heterocycles. The van der Waals surface area contributed by atoms with Gasteiger partial charge < -0.3 is 24.4 Å². The lowest BCUT2D eigenvalue weighted by Crippen LogP contribution is -2.52. The van der Waals surface area contributed by atoms with Gasteiger partial charge in [0.15, 0.2) is 11.8 Å². The summed E-state index contributed by atoms with van der Waals surface area (Å²) in [5.41, 5.74) is 1.15. The number of ether oxygens (including phenoxy) is 1. The standard InChI is InChI=1S/C18H27N7O.HI/c1-4-19-18(20-13-17-22-21-14-23(17)2)25-11-9-24(10-12-25)15-7-5-6-8-16(15)26-3;/h5-8,14H,4,9-13H2,1-3H3,(H,19,20);1H. The van der Waals surface area contributed by atoms with Gasteiger partial charge in [0.1, 0.15) is 18.6 Å². The first-order valence-electron chi connectivity index (χ1n) is 8.97. The highest BCUT2D eigenvalue weighted by Crippen LogP contribution is 2.28. The van der Waals surface area contributed by atoms with E-state index in [-0.39, 0.29) is 24.0 Å². The molecular weight excluding hydrogens is 457 g/mol. The summed E-state index contributed by atoms with van der Waals surface area (Å²) in [7, 11) is 3.65. The molecule has 1 aliphatic rings. The van der Waals surface area contributed by atoms with Crippen LogP contribution in [0.5, 0.6) is 5.75 Å². The zero-order chi connectivity index (χ0) is 18.4. The Morgan fingerprint density at radius 2 is 1.96 bits per heavy atom. The second-order valence-electron chi connectivity index (χ2n) is 6.17. The Bertz CT molecular complexity index is 741. The summed E-state index contributed by atoms with van der Waals surface area (Å²) >= 11 is 0. The summed E-state index contributed by atoms with van der Waals surface area (Å²) in [5.74, 6) is 2.70. The van der Waals surface area contributed by atoms with E-state index >= 15 is 0 Å². The topological polar surface area (TPSA) is 70.8 Å². The third kappa shape index (κ3) is 5.24. The van der Waals surface area contributed by atoms with Crippen molar-refractivity contribution in [3.05, 3.63) is 36.4 Å². The van der Waals surface area contributed by atoms with E-state index in [4.69, 9.17) is 9.73 Å². The zero-order valence-corrected chi connectivity index (χ0v) is 18.5. The Hall–Kier alpha value is -2.04. The van der Waals surface area contributed by atoms with Crippen molar-refractivity contribution in [2.75, 3.05) is 44.7 Å². The number of anilines is 1. The molecule has 2 aromatic rings. The van der Waals surface area contributed by atoms with Crippen molar-refractivity contribution in [2.24, 2.45) is 12.0 Å². The van der Waals surface area contributed by atoms with Crippen LogP contribution in [0.2, 0.25) is 0 Å². The number of aryl methyl sites for hydroxylation is 1. The molecule has 0 atom stereocenters. The van der Waals surface area contributed by atoms with Gasteiger partial charge in [0.2, 0.25) is 0 Å². The van der Waals surface area contributed by atoms with Crippen molar-refractivity contribution < 1.29 is 4.74 Å². The third-order valence-corrected chi connectivity index (χ3v) is 4.52. The van der Waals surface area contributed by atoms with Crippen LogP contribution in [-0.4, -0.2) is 65.5 Å². The van der Waals surface area contributed by atoms with Gasteiger partial charge >= 0.3 is 0 Å². The predicted molar refractivity (Wildman–Crippen MR) is 118 cm³/mol. The summed E-state index contributed by atoms with van der Waals surface area (Å²) in [4.78, 5) is 9.40. The molecule has 0 radical (unpaired) electrons. The highest BCUT2D eigenvalue weighted by Gasteiger charge is 2.21. The van der Waals surface area contributed by atoms with Gasteiger partial charge in [0, 0.05) is 39.8 Å². The molecule has 2 heterocycles. The average Bonchev–Trinajstić information content (AvgIpc) is 3.10. The van der Waals surface area contributed by atoms with Crippen LogP contribution in [0.25, 0.3) is 0 Å². The van der Waals surface area contributed by atoms with Gasteiger partial charge in [0.05, 0.1) is 12.8 Å². The van der Waals surface area contributed by atoms with E-state index in [1.807, 2.05) is 23.7 Å². The number of para-hydroxylation sites is 2. The molecule has 0 saturated carbocycles. The first-order valence-corrected chi connectivity index (χ1v) is 8.97. The van der Waals surface area contributed by atoms with Gasteiger partial charge in [-0.15, -0.1) is 34.2 Å². The molecule has 1 fully saturated rings. The number of nitrogens with zero attached hydrogens (tertiary/aromatic N) is 6. The van der Waals surface area contributed by atoms with Crippen LogP contribution in [0, 0.1) is 0 Å². The van der Waals surface area contributed by atoms with E-state index in [2.05, 4.69) is 44.4 Å². The third-order valence-electron chi connectivity index (χ3n) is 4.52. The fraction of sp³-hybridized carbons (Fsp3) is 0.500. The fourth-order valence-electron chi connectivity index (χ4n) is 3.07. The molecule has 148 valence electrons. The van der Waals surface area contributed by atoms with E-state index in [0.717, 1.165) is 55.9 Å². The van der Waals surface area contributed by atoms with Crippen LogP contribution in [0.1, 0.15) is 12.7 Å². The predicted octanol–water partition coefficient (Wildman–Crippen LogP) is 1.73. The molecule has 0 unspecified atom stereocenters. The largest absolute Gasteiger partial charge is 0.495 e. The number of piperazine rings is 1. The first-order chi connectivity index (χ1) is 12.7. The number of guanidine groups is 1. The number of aromatic nitrogens is 3. The number of nitrogens with one attached hydrogen (secondary N) is 1. The second-order valence-corrected chi connectivity index (χ2v) is 6.17. The molecule has 0 spiro atoms. The van der Waals surface area contributed by atoms with Gasteiger partial charge in [-0.05, 0) is 19.1 Å². The lowest BCUT2D eigenvalue weighted by Gasteiger charge is -2.38. The van der Waals surface area contributed by atoms with Gasteiger partial charge in [-0.25, -0.2) is 4.99 Å². The van der Waals surface area contributed by atoms with Crippen LogP contribution < -0.4 is 15.0 Å². The molecule has 0 bridgehead atoms. The van der Waals surface area contributed by atoms with Crippen LogP contribution in [-0.2, 0) is 13.6 Å². The number of hydrogen-bond donors (Lipinski definition) is 1. The Labute approximate surface area is 177 Å². The molecule has 1 aliphatic heterocycles. The van der Waals surface area contributed by atoms with Crippen LogP contribution in [0.15, 0.2) is 35.6 Å². The van der Waals surface area contributed by atoms with Gasteiger partial charge in [-0.1, -0.05) is 12.1 Å². The quantitative estimate of drug-likeness (QED) is 0.395. The van der Waals surface area contributed by atoms with E-state index in [0.29, 0.717) is 6.54 Å². The smallest absolute Gasteiger partial charge is 0.194 e. The van der Waals surface area contributed by atoms with E-state index in [1.54, 1.807) is 13.4 Å². The van der Waals surface area contributed by atoms with Crippen molar-refractivity contribution in [1.82, 2.24) is 25.0 Å². The SMILES string of the molecule is CCNC(=NCc1nncn1C)N1CCN(c2ccccc2OC)CC1.I. The van der Waals surface area contributed by atoms with Crippen molar-refractivity contribution in [2.45, 2.75) is 13.5 Å². The van der Waals surface area contributed by atoms with Gasteiger partial charge in [-0.2, -0.15) is 0 Å². The molecule has 1 aromatic heterocycles. The Morgan fingerprint density at radius 1 is 1.22 bits per heavy atom. The van der Waals surface area contributed by atoms with E-state index in [9.17, 15) is 0 Å². The number of aliphatic imine (C=N–C) groups is 1. The number of hydrogen-bond acceptors (Lipinski definition) is 5. The minimum Gasteiger partial charge on any atom is -0.495 e. The minimum atomic E-state index is 0. The molecule has 3 rings (SSSR count). The van der Waals surface area contributed by atoms with Crippen molar-refractivity contribution in [1.29, 1.82) is 0 Å². The van der Waals surface area contributed by atoms with Crippen molar-refractivity contribution in [3.63, 3.8) is 0 Å². The Morgan fingerprint density at radius 3 is 2.59 bits per heavy atom. The van der Waals surface area contributed by atoms with Crippen LogP contribution >= 0.6 is 24.0 Å². The highest BCUT2D eigenvalue weighted by atomic mass is 127. The average molecular weight is 485 g/mol. The number of halogens is 1. The Kier molecular flexibility index (Phi) is 8.14. The summed E-state index contributed by atoms with van der Waals surface area (Å²) in [6, 6.07) is 8.17. The maximum atomic E-state index is 5.50. The highest BCUT2D eigenvalue weighted by molar-refractivity contribution is 14.0. The molecule has 1 N–H and O–H groups in total. The maximum absolute atomic E-state index is 5.50. The molecule has 0 amide bonds. The monoisotopic (exact) mass is 485 g/mol. The first kappa shape index (κ1) is 21.3. The zero-order valence-electron chi connectivity index (χ0n) is 16.1.